The molecular formula is C26H20ClN3O5. The highest BCUT2D eigenvalue weighted by atomic mass is 35.5. The van der Waals surface area contributed by atoms with Crippen LogP contribution in [0.2, 0.25) is 5.02 Å². The van der Waals surface area contributed by atoms with E-state index in [4.69, 9.17) is 21.1 Å². The first kappa shape index (κ1) is 23.7. The molecule has 176 valence electrons. The maximum absolute atomic E-state index is 12.4. The van der Waals surface area contributed by atoms with E-state index in [0.717, 1.165) is 5.69 Å². The summed E-state index contributed by atoms with van der Waals surface area (Å²) in [6, 6.07) is 22.9. The molecule has 0 aliphatic carbocycles. The molecule has 0 aliphatic heterocycles. The maximum atomic E-state index is 12.4. The molecule has 4 aromatic rings. The number of non-ortho nitro benzene ring substituents is 1. The molecule has 4 rings (SSSR count). The number of ether oxygens (including phenoxy) is 2. The summed E-state index contributed by atoms with van der Waals surface area (Å²) in [6.45, 7) is 0.456. The highest BCUT2D eigenvalue weighted by molar-refractivity contribution is 6.30. The van der Waals surface area contributed by atoms with E-state index in [-0.39, 0.29) is 23.1 Å². The zero-order chi connectivity index (χ0) is 24.6. The summed E-state index contributed by atoms with van der Waals surface area (Å²) in [5.41, 5.74) is 1.16. The van der Waals surface area contributed by atoms with Gasteiger partial charge in [-0.1, -0.05) is 23.7 Å². The average molecular weight is 490 g/mol. The number of benzene rings is 3. The van der Waals surface area contributed by atoms with Crippen molar-refractivity contribution in [3.8, 4) is 23.0 Å². The van der Waals surface area contributed by atoms with Gasteiger partial charge in [0.1, 0.15) is 23.0 Å². The molecule has 0 unspecified atom stereocenters. The third-order valence-electron chi connectivity index (χ3n) is 4.85. The average Bonchev–Trinajstić information content (AvgIpc) is 2.85. The second kappa shape index (κ2) is 11.1. The van der Waals surface area contributed by atoms with Crippen molar-refractivity contribution in [2.45, 2.75) is 6.42 Å². The molecular weight excluding hydrogens is 470 g/mol. The van der Waals surface area contributed by atoms with Crippen molar-refractivity contribution >= 4 is 23.2 Å². The summed E-state index contributed by atoms with van der Waals surface area (Å²) in [6.07, 6.45) is 2.34. The molecule has 0 aliphatic rings. The summed E-state index contributed by atoms with van der Waals surface area (Å²) in [5, 5.41) is 14.7. The van der Waals surface area contributed by atoms with Crippen molar-refractivity contribution in [2.24, 2.45) is 0 Å². The molecule has 3 aromatic carbocycles. The number of amides is 1. The number of hydrogen-bond donors (Lipinski definition) is 1. The lowest BCUT2D eigenvalue weighted by molar-refractivity contribution is -0.385. The number of carbonyl (C=O) groups excluding carboxylic acids is 1. The SMILES string of the molecule is O=C(NCCc1ccccn1)c1ccc(Oc2cc(Oc3cccc(Cl)c3)cc([N+](=O)[O-])c2)cc1. The topological polar surface area (TPSA) is 104 Å². The first-order valence-electron chi connectivity index (χ1n) is 10.7. The van der Waals surface area contributed by atoms with Crippen LogP contribution in [0.4, 0.5) is 5.69 Å². The molecule has 35 heavy (non-hydrogen) atoms. The summed E-state index contributed by atoms with van der Waals surface area (Å²) in [4.78, 5) is 27.5. The number of rotatable bonds is 9. The van der Waals surface area contributed by atoms with Crippen LogP contribution in [0.15, 0.2) is 91.1 Å². The molecule has 1 aromatic heterocycles. The number of halogens is 1. The smallest absolute Gasteiger partial charge is 0.276 e. The lowest BCUT2D eigenvalue weighted by Gasteiger charge is -2.10. The van der Waals surface area contributed by atoms with E-state index in [1.165, 1.54) is 18.2 Å². The van der Waals surface area contributed by atoms with Crippen LogP contribution in [0, 0.1) is 10.1 Å². The van der Waals surface area contributed by atoms with Crippen LogP contribution in [-0.2, 0) is 6.42 Å². The van der Waals surface area contributed by atoms with Gasteiger partial charge in [0.15, 0.2) is 0 Å². The van der Waals surface area contributed by atoms with Gasteiger partial charge in [-0.05, 0) is 54.6 Å². The minimum atomic E-state index is -0.532. The van der Waals surface area contributed by atoms with Crippen LogP contribution in [0.3, 0.4) is 0 Å². The van der Waals surface area contributed by atoms with Gasteiger partial charge < -0.3 is 14.8 Å². The van der Waals surface area contributed by atoms with Gasteiger partial charge in [0.2, 0.25) is 0 Å². The van der Waals surface area contributed by atoms with E-state index in [9.17, 15) is 14.9 Å². The number of carbonyl (C=O) groups is 1. The van der Waals surface area contributed by atoms with Gasteiger partial charge in [-0.15, -0.1) is 0 Å². The predicted molar refractivity (Wildman–Crippen MR) is 131 cm³/mol. The van der Waals surface area contributed by atoms with E-state index in [2.05, 4.69) is 10.3 Å². The molecule has 1 amide bonds. The summed E-state index contributed by atoms with van der Waals surface area (Å²) in [5.74, 6) is 1.05. The van der Waals surface area contributed by atoms with E-state index >= 15 is 0 Å². The van der Waals surface area contributed by atoms with Crippen molar-refractivity contribution in [1.29, 1.82) is 0 Å². The zero-order valence-corrected chi connectivity index (χ0v) is 19.1. The van der Waals surface area contributed by atoms with Crippen molar-refractivity contribution in [3.05, 3.63) is 118 Å². The minimum Gasteiger partial charge on any atom is -0.457 e. The molecule has 0 radical (unpaired) electrons. The number of pyridine rings is 1. The van der Waals surface area contributed by atoms with Crippen LogP contribution < -0.4 is 14.8 Å². The molecule has 0 atom stereocenters. The Morgan fingerprint density at radius 1 is 0.886 bits per heavy atom. The third-order valence-corrected chi connectivity index (χ3v) is 5.09. The number of nitro groups is 1. The van der Waals surface area contributed by atoms with Crippen LogP contribution in [0.25, 0.3) is 0 Å². The van der Waals surface area contributed by atoms with Gasteiger partial charge in [-0.3, -0.25) is 19.9 Å². The molecule has 8 nitrogen and oxygen atoms in total. The molecule has 0 spiro atoms. The van der Waals surface area contributed by atoms with Gasteiger partial charge in [0, 0.05) is 41.5 Å². The quantitative estimate of drug-likeness (QED) is 0.222. The lowest BCUT2D eigenvalue weighted by atomic mass is 10.2. The third kappa shape index (κ3) is 6.78. The Bertz CT molecular complexity index is 1330. The van der Waals surface area contributed by atoms with Crippen molar-refractivity contribution < 1.29 is 19.2 Å². The largest absolute Gasteiger partial charge is 0.457 e. The van der Waals surface area contributed by atoms with Gasteiger partial charge >= 0.3 is 0 Å². The van der Waals surface area contributed by atoms with Crippen LogP contribution in [0.1, 0.15) is 16.1 Å². The van der Waals surface area contributed by atoms with E-state index in [0.29, 0.717) is 35.1 Å². The molecule has 1 N–H and O–H groups in total. The Labute approximate surface area is 206 Å². The van der Waals surface area contributed by atoms with Crippen LogP contribution in [0.5, 0.6) is 23.0 Å². The molecule has 0 bridgehead atoms. The minimum absolute atomic E-state index is 0.191. The van der Waals surface area contributed by atoms with Gasteiger partial charge in [-0.25, -0.2) is 0 Å². The van der Waals surface area contributed by atoms with E-state index < -0.39 is 4.92 Å². The van der Waals surface area contributed by atoms with Crippen LogP contribution in [-0.4, -0.2) is 22.4 Å². The van der Waals surface area contributed by atoms with E-state index in [1.807, 2.05) is 18.2 Å². The molecule has 1 heterocycles. The number of nitro benzene ring substituents is 1. The second-order valence-electron chi connectivity index (χ2n) is 7.43. The Morgan fingerprint density at radius 2 is 1.63 bits per heavy atom. The van der Waals surface area contributed by atoms with Crippen molar-refractivity contribution in [3.63, 3.8) is 0 Å². The predicted octanol–water partition coefficient (Wildman–Crippen LogP) is 6.20. The molecule has 0 fully saturated rings. The number of hydrogen-bond acceptors (Lipinski definition) is 6. The lowest BCUT2D eigenvalue weighted by Crippen LogP contribution is -2.25. The Kier molecular flexibility index (Phi) is 7.54. The second-order valence-corrected chi connectivity index (χ2v) is 7.87. The van der Waals surface area contributed by atoms with Gasteiger partial charge in [-0.2, -0.15) is 0 Å². The monoisotopic (exact) mass is 489 g/mol. The fourth-order valence-electron chi connectivity index (χ4n) is 3.21. The fraction of sp³-hybridized carbons (Fsp3) is 0.0769. The summed E-state index contributed by atoms with van der Waals surface area (Å²) >= 11 is 5.98. The van der Waals surface area contributed by atoms with E-state index in [1.54, 1.807) is 54.7 Å². The highest BCUT2D eigenvalue weighted by Gasteiger charge is 2.14. The Balaban J connectivity index is 1.42. The standard InChI is InChI=1S/C26H20ClN3O5/c27-19-4-3-6-23(14-19)35-25-16-21(30(32)33)15-24(17-25)34-22-9-7-18(8-10-22)26(31)29-13-11-20-5-1-2-12-28-20/h1-10,12,14-17H,11,13H2,(H,29,31). The summed E-state index contributed by atoms with van der Waals surface area (Å²) < 4.78 is 11.5. The van der Waals surface area contributed by atoms with Crippen molar-refractivity contribution in [2.75, 3.05) is 6.54 Å². The molecule has 0 saturated heterocycles. The maximum Gasteiger partial charge on any atom is 0.276 e. The first-order chi connectivity index (χ1) is 17.0. The van der Waals surface area contributed by atoms with Gasteiger partial charge in [0.25, 0.3) is 11.6 Å². The van der Waals surface area contributed by atoms with Crippen molar-refractivity contribution in [1.82, 2.24) is 10.3 Å². The normalized spacial score (nSPS) is 10.4. The Hall–Kier alpha value is -4.43. The van der Waals surface area contributed by atoms with Crippen LogP contribution >= 0.6 is 11.6 Å². The summed E-state index contributed by atoms with van der Waals surface area (Å²) in [7, 11) is 0. The fourth-order valence-corrected chi connectivity index (χ4v) is 3.39. The molecule has 0 saturated carbocycles. The Morgan fingerprint density at radius 3 is 2.29 bits per heavy atom. The number of nitrogens with one attached hydrogen (secondary N) is 1. The highest BCUT2D eigenvalue weighted by Crippen LogP contribution is 2.33. The first-order valence-corrected chi connectivity index (χ1v) is 11.0. The zero-order valence-electron chi connectivity index (χ0n) is 18.4. The molecule has 9 heteroatoms. The number of nitrogens with zero attached hydrogens (tertiary/aromatic N) is 2. The number of aromatic nitrogens is 1. The van der Waals surface area contributed by atoms with Gasteiger partial charge in [0.05, 0.1) is 17.1 Å².